The molecule has 0 aliphatic heterocycles. The Morgan fingerprint density at radius 3 is 2.52 bits per heavy atom. The molecule has 2 aliphatic carbocycles. The molecule has 5 rings (SSSR count). The van der Waals surface area contributed by atoms with E-state index in [2.05, 4.69) is 40.0 Å². The number of rotatable bonds is 7. The van der Waals surface area contributed by atoms with Crippen LogP contribution in [0.1, 0.15) is 42.0 Å². The Morgan fingerprint density at radius 2 is 1.79 bits per heavy atom. The highest BCUT2D eigenvalue weighted by Crippen LogP contribution is 2.34. The van der Waals surface area contributed by atoms with E-state index in [-0.39, 0.29) is 17.5 Å². The molecule has 2 aromatic carbocycles. The van der Waals surface area contributed by atoms with Crippen LogP contribution in [0, 0.1) is 5.92 Å². The smallest absolute Gasteiger partial charge is 0.257 e. The number of benzene rings is 2. The number of aromatic nitrogens is 2. The lowest BCUT2D eigenvalue weighted by Crippen LogP contribution is -2.45. The van der Waals surface area contributed by atoms with Crippen molar-refractivity contribution in [1.29, 1.82) is 0 Å². The molecule has 7 heteroatoms. The van der Waals surface area contributed by atoms with E-state index in [9.17, 15) is 13.2 Å². The van der Waals surface area contributed by atoms with Crippen molar-refractivity contribution in [1.82, 2.24) is 14.3 Å². The Hall–Kier alpha value is -2.77. The van der Waals surface area contributed by atoms with Crippen molar-refractivity contribution in [2.24, 2.45) is 5.92 Å². The molecule has 3 aromatic rings. The largest absolute Gasteiger partial charge is 0.299 e. The van der Waals surface area contributed by atoms with Gasteiger partial charge in [-0.15, -0.1) is 0 Å². The molecule has 33 heavy (non-hydrogen) atoms. The van der Waals surface area contributed by atoms with Gasteiger partial charge in [-0.2, -0.15) is 0 Å². The summed E-state index contributed by atoms with van der Waals surface area (Å²) in [6.45, 7) is 0.694. The average molecular weight is 464 g/mol. The quantitative estimate of drug-likeness (QED) is 0.581. The van der Waals surface area contributed by atoms with E-state index >= 15 is 0 Å². The van der Waals surface area contributed by atoms with Crippen molar-refractivity contribution in [3.8, 4) is 11.1 Å². The number of sulfonamides is 1. The average Bonchev–Trinajstić information content (AvgIpc) is 3.61. The SMILES string of the molecule is CS(=O)(=O)N[C@H]1CCc2ncn(CC3CC3)c(=O)c2[C@H]1Cc1cccc(-c2ccccc2)c1. The van der Waals surface area contributed by atoms with Gasteiger partial charge < -0.3 is 0 Å². The summed E-state index contributed by atoms with van der Waals surface area (Å²) in [6, 6.07) is 18.1. The summed E-state index contributed by atoms with van der Waals surface area (Å²) < 4.78 is 28.8. The summed E-state index contributed by atoms with van der Waals surface area (Å²) in [6.07, 6.45) is 6.96. The first-order chi connectivity index (χ1) is 15.9. The van der Waals surface area contributed by atoms with Gasteiger partial charge in [0.25, 0.3) is 5.56 Å². The van der Waals surface area contributed by atoms with Crippen molar-refractivity contribution in [3.63, 3.8) is 0 Å². The van der Waals surface area contributed by atoms with Gasteiger partial charge >= 0.3 is 0 Å². The first kappa shape index (κ1) is 22.0. The van der Waals surface area contributed by atoms with Crippen molar-refractivity contribution < 1.29 is 8.42 Å². The Labute approximate surface area is 194 Å². The highest BCUT2D eigenvalue weighted by molar-refractivity contribution is 7.88. The normalized spacial score (nSPS) is 20.4. The van der Waals surface area contributed by atoms with Crippen LogP contribution in [0.2, 0.25) is 0 Å². The standard InChI is InChI=1S/C26H29N3O3S/c1-33(31,32)28-23-12-13-24-25(26(30)29(17-27-24)16-18-10-11-18)22(23)15-19-6-5-9-21(14-19)20-7-3-2-4-8-20/h2-9,14,17-18,22-23,28H,10-13,15-16H2,1H3/t22-,23-/m0/s1. The minimum Gasteiger partial charge on any atom is -0.299 e. The van der Waals surface area contributed by atoms with E-state index < -0.39 is 10.0 Å². The second-order valence-electron chi connectivity index (χ2n) is 9.42. The van der Waals surface area contributed by atoms with Gasteiger partial charge in [-0.05, 0) is 54.7 Å². The molecule has 0 bridgehead atoms. The second kappa shape index (κ2) is 8.88. The molecule has 0 saturated heterocycles. The maximum atomic E-state index is 13.5. The van der Waals surface area contributed by atoms with Gasteiger partial charge in [0.2, 0.25) is 10.0 Å². The van der Waals surface area contributed by atoms with Crippen LogP contribution in [-0.2, 0) is 29.4 Å². The van der Waals surface area contributed by atoms with Crippen molar-refractivity contribution in [3.05, 3.63) is 88.1 Å². The Morgan fingerprint density at radius 1 is 1.03 bits per heavy atom. The fourth-order valence-corrected chi connectivity index (χ4v) is 5.77. The van der Waals surface area contributed by atoms with E-state index in [0.717, 1.165) is 35.2 Å². The Kier molecular flexibility index (Phi) is 5.93. The summed E-state index contributed by atoms with van der Waals surface area (Å²) in [7, 11) is -3.41. The highest BCUT2D eigenvalue weighted by Gasteiger charge is 2.35. The molecule has 1 fully saturated rings. The molecule has 172 valence electrons. The third-order valence-corrected chi connectivity index (χ3v) is 7.44. The van der Waals surface area contributed by atoms with E-state index in [1.54, 1.807) is 10.9 Å². The zero-order valence-electron chi connectivity index (χ0n) is 18.8. The lowest BCUT2D eigenvalue weighted by molar-refractivity contribution is 0.415. The minimum atomic E-state index is -3.41. The lowest BCUT2D eigenvalue weighted by atomic mass is 9.78. The fraction of sp³-hybridized carbons (Fsp3) is 0.385. The first-order valence-electron chi connectivity index (χ1n) is 11.6. The Bertz CT molecular complexity index is 1310. The van der Waals surface area contributed by atoms with Crippen LogP contribution in [0.15, 0.2) is 65.7 Å². The van der Waals surface area contributed by atoms with Crippen LogP contribution >= 0.6 is 0 Å². The van der Waals surface area contributed by atoms with Crippen LogP contribution in [-0.4, -0.2) is 30.3 Å². The fourth-order valence-electron chi connectivity index (χ4n) is 4.94. The third kappa shape index (κ3) is 5.09. The van der Waals surface area contributed by atoms with E-state index in [0.29, 0.717) is 37.3 Å². The van der Waals surface area contributed by atoms with Gasteiger partial charge in [-0.25, -0.2) is 18.1 Å². The van der Waals surface area contributed by atoms with Gasteiger partial charge in [-0.1, -0.05) is 54.6 Å². The molecule has 1 saturated carbocycles. The number of aryl methyl sites for hydroxylation is 1. The summed E-state index contributed by atoms with van der Waals surface area (Å²) in [5.41, 5.74) is 4.78. The molecule has 1 heterocycles. The molecule has 2 aliphatic rings. The number of nitrogens with zero attached hydrogens (tertiary/aromatic N) is 2. The van der Waals surface area contributed by atoms with Gasteiger partial charge in [0.15, 0.2) is 0 Å². The van der Waals surface area contributed by atoms with Crippen molar-refractivity contribution in [2.75, 3.05) is 6.26 Å². The topological polar surface area (TPSA) is 81.1 Å². The molecule has 2 atom stereocenters. The summed E-state index contributed by atoms with van der Waals surface area (Å²) in [5, 5.41) is 0. The zero-order valence-corrected chi connectivity index (χ0v) is 19.6. The molecule has 0 radical (unpaired) electrons. The molecular weight excluding hydrogens is 434 g/mol. The van der Waals surface area contributed by atoms with Crippen LogP contribution < -0.4 is 10.3 Å². The zero-order chi connectivity index (χ0) is 23.0. The maximum absolute atomic E-state index is 13.5. The van der Waals surface area contributed by atoms with E-state index in [1.807, 2.05) is 24.3 Å². The molecule has 0 unspecified atom stereocenters. The monoisotopic (exact) mass is 463 g/mol. The number of hydrogen-bond donors (Lipinski definition) is 1. The van der Waals surface area contributed by atoms with Crippen LogP contribution in [0.3, 0.4) is 0 Å². The van der Waals surface area contributed by atoms with Gasteiger partial charge in [0.05, 0.1) is 18.3 Å². The van der Waals surface area contributed by atoms with Crippen molar-refractivity contribution >= 4 is 10.0 Å². The van der Waals surface area contributed by atoms with Gasteiger partial charge in [0.1, 0.15) is 0 Å². The molecule has 1 aromatic heterocycles. The summed E-state index contributed by atoms with van der Waals surface area (Å²) >= 11 is 0. The Balaban J connectivity index is 1.54. The number of fused-ring (bicyclic) bond motifs is 1. The number of nitrogens with one attached hydrogen (secondary N) is 1. The highest BCUT2D eigenvalue weighted by atomic mass is 32.2. The maximum Gasteiger partial charge on any atom is 0.257 e. The van der Waals surface area contributed by atoms with E-state index in [4.69, 9.17) is 0 Å². The first-order valence-corrected chi connectivity index (χ1v) is 13.5. The molecule has 1 N–H and O–H groups in total. The van der Waals surface area contributed by atoms with E-state index in [1.165, 1.54) is 6.26 Å². The molecule has 0 amide bonds. The number of hydrogen-bond acceptors (Lipinski definition) is 4. The predicted octanol–water partition coefficient (Wildman–Crippen LogP) is 3.51. The lowest BCUT2D eigenvalue weighted by Gasteiger charge is -2.33. The molecular formula is C26H29N3O3S. The van der Waals surface area contributed by atoms with Gasteiger partial charge in [0, 0.05) is 24.1 Å². The second-order valence-corrected chi connectivity index (χ2v) is 11.2. The van der Waals surface area contributed by atoms with Crippen LogP contribution in [0.5, 0.6) is 0 Å². The minimum absolute atomic E-state index is 0.0175. The predicted molar refractivity (Wildman–Crippen MR) is 130 cm³/mol. The van der Waals surface area contributed by atoms with Crippen LogP contribution in [0.25, 0.3) is 11.1 Å². The van der Waals surface area contributed by atoms with Gasteiger partial charge in [-0.3, -0.25) is 9.36 Å². The summed E-state index contributed by atoms with van der Waals surface area (Å²) in [4.78, 5) is 18.2. The summed E-state index contributed by atoms with van der Waals surface area (Å²) in [5.74, 6) is 0.290. The van der Waals surface area contributed by atoms with Crippen LogP contribution in [0.4, 0.5) is 0 Å². The third-order valence-electron chi connectivity index (χ3n) is 6.71. The molecule has 6 nitrogen and oxygen atoms in total. The molecule has 0 spiro atoms. The van der Waals surface area contributed by atoms with Crippen molar-refractivity contribution in [2.45, 2.75) is 50.6 Å².